The lowest BCUT2D eigenvalue weighted by molar-refractivity contribution is -0.147. The first-order valence-corrected chi connectivity index (χ1v) is 10.2. The molecule has 0 spiro atoms. The van der Waals surface area contributed by atoms with Gasteiger partial charge in [0, 0.05) is 12.8 Å². The predicted octanol–water partition coefficient (Wildman–Crippen LogP) is 2.75. The molecule has 4 unspecified atom stereocenters. The van der Waals surface area contributed by atoms with Crippen LogP contribution in [0.4, 0.5) is 0 Å². The molecule has 1 heterocycles. The zero-order valence-electron chi connectivity index (χ0n) is 15.6. The highest BCUT2D eigenvalue weighted by Gasteiger charge is 2.43. The van der Waals surface area contributed by atoms with E-state index in [9.17, 15) is 14.7 Å². The maximum absolute atomic E-state index is 11.8. The van der Waals surface area contributed by atoms with Crippen molar-refractivity contribution in [1.82, 2.24) is 0 Å². The van der Waals surface area contributed by atoms with Crippen molar-refractivity contribution in [2.75, 3.05) is 13.2 Å². The van der Waals surface area contributed by atoms with Gasteiger partial charge in [0.15, 0.2) is 0 Å². The topological polar surface area (TPSA) is 85.4 Å². The van der Waals surface area contributed by atoms with Crippen molar-refractivity contribution in [2.45, 2.75) is 88.9 Å². The third-order valence-corrected chi connectivity index (χ3v) is 5.84. The van der Waals surface area contributed by atoms with Gasteiger partial charge in [-0.05, 0) is 63.2 Å². The summed E-state index contributed by atoms with van der Waals surface area (Å²) in [6, 6.07) is 0. The normalized spacial score (nSPS) is 33.2. The molecule has 0 aromatic heterocycles. The van der Waals surface area contributed by atoms with E-state index >= 15 is 0 Å². The van der Waals surface area contributed by atoms with Gasteiger partial charge >= 0.3 is 11.9 Å². The second-order valence-corrected chi connectivity index (χ2v) is 8.15. The van der Waals surface area contributed by atoms with Crippen LogP contribution in [0.15, 0.2) is 0 Å². The lowest BCUT2D eigenvalue weighted by atomic mass is 9.88. The fraction of sp³-hybridized carbons (Fsp3) is 0.900. The minimum atomic E-state index is -0.245. The molecular formula is C20H32O6. The van der Waals surface area contributed by atoms with Crippen molar-refractivity contribution in [3.8, 4) is 0 Å². The van der Waals surface area contributed by atoms with Crippen LogP contribution in [0.2, 0.25) is 0 Å². The summed E-state index contributed by atoms with van der Waals surface area (Å²) in [5.41, 5.74) is 0. The van der Waals surface area contributed by atoms with Crippen LogP contribution in [0.1, 0.15) is 70.6 Å². The minimum absolute atomic E-state index is 0.173. The van der Waals surface area contributed by atoms with Gasteiger partial charge < -0.3 is 19.3 Å². The van der Waals surface area contributed by atoms with E-state index in [1.807, 2.05) is 0 Å². The number of aliphatic hydroxyl groups excluding tert-OH is 1. The highest BCUT2D eigenvalue weighted by atomic mass is 16.6. The largest absolute Gasteiger partial charge is 0.465 e. The molecule has 1 saturated heterocycles. The average Bonchev–Trinajstić information content (AvgIpc) is 3.41. The van der Waals surface area contributed by atoms with E-state index in [-0.39, 0.29) is 24.0 Å². The first-order valence-electron chi connectivity index (χ1n) is 10.2. The van der Waals surface area contributed by atoms with Crippen LogP contribution < -0.4 is 0 Å². The van der Waals surface area contributed by atoms with Crippen LogP contribution in [-0.2, 0) is 23.8 Å². The third-order valence-electron chi connectivity index (χ3n) is 5.84. The Morgan fingerprint density at radius 1 is 0.846 bits per heavy atom. The molecule has 1 N–H and O–H groups in total. The van der Waals surface area contributed by atoms with Crippen molar-refractivity contribution in [3.05, 3.63) is 0 Å². The predicted molar refractivity (Wildman–Crippen MR) is 94.4 cm³/mol. The Kier molecular flexibility index (Phi) is 7.32. The minimum Gasteiger partial charge on any atom is -0.465 e. The monoisotopic (exact) mass is 368 g/mol. The standard InChI is InChI=1S/C20H32O6/c21-16-5-3-4-14(10-16)12-24-19(22)6-1-2-7-20(23)25-13-15-8-9-17-18(11-15)26-17/h14-18,21H,1-13H2/t14?,15?,16?,17?,18-/m0/s1. The Morgan fingerprint density at radius 3 is 2.12 bits per heavy atom. The second-order valence-electron chi connectivity index (χ2n) is 8.15. The summed E-state index contributed by atoms with van der Waals surface area (Å²) in [6.45, 7) is 0.908. The molecule has 0 bridgehead atoms. The molecule has 0 amide bonds. The van der Waals surface area contributed by atoms with Gasteiger partial charge in [-0.2, -0.15) is 0 Å². The number of carbonyl (C=O) groups is 2. The number of hydrogen-bond acceptors (Lipinski definition) is 6. The Morgan fingerprint density at radius 2 is 1.50 bits per heavy atom. The van der Waals surface area contributed by atoms with E-state index in [0.29, 0.717) is 57.0 Å². The third kappa shape index (κ3) is 6.54. The first-order chi connectivity index (χ1) is 12.6. The summed E-state index contributed by atoms with van der Waals surface area (Å²) < 4.78 is 16.1. The molecule has 0 radical (unpaired) electrons. The van der Waals surface area contributed by atoms with Gasteiger partial charge in [-0.15, -0.1) is 0 Å². The Labute approximate surface area is 155 Å². The Hall–Kier alpha value is -1.14. The lowest BCUT2D eigenvalue weighted by Crippen LogP contribution is -2.24. The molecule has 2 saturated carbocycles. The molecule has 3 aliphatic rings. The highest BCUT2D eigenvalue weighted by molar-refractivity contribution is 5.70. The summed E-state index contributed by atoms with van der Waals surface area (Å²) in [4.78, 5) is 23.6. The summed E-state index contributed by atoms with van der Waals surface area (Å²) in [5.74, 6) is 0.345. The molecule has 26 heavy (non-hydrogen) atoms. The van der Waals surface area contributed by atoms with Crippen LogP contribution in [-0.4, -0.2) is 48.6 Å². The molecule has 3 fully saturated rings. The molecule has 3 rings (SSSR count). The lowest BCUT2D eigenvalue weighted by Gasteiger charge is -2.25. The van der Waals surface area contributed by atoms with E-state index in [4.69, 9.17) is 14.2 Å². The second kappa shape index (κ2) is 9.70. The number of carbonyl (C=O) groups excluding carboxylic acids is 2. The molecular weight excluding hydrogens is 336 g/mol. The van der Waals surface area contributed by atoms with Gasteiger partial charge in [0.2, 0.25) is 0 Å². The number of unbranched alkanes of at least 4 members (excludes halogenated alkanes) is 1. The van der Waals surface area contributed by atoms with E-state index < -0.39 is 0 Å². The fourth-order valence-electron chi connectivity index (χ4n) is 4.16. The van der Waals surface area contributed by atoms with Gasteiger partial charge in [0.05, 0.1) is 31.5 Å². The number of esters is 2. The van der Waals surface area contributed by atoms with Gasteiger partial charge in [0.1, 0.15) is 0 Å². The zero-order chi connectivity index (χ0) is 18.4. The number of hydrogen-bond donors (Lipinski definition) is 1. The average molecular weight is 368 g/mol. The van der Waals surface area contributed by atoms with Crippen LogP contribution >= 0.6 is 0 Å². The molecule has 0 aromatic carbocycles. The van der Waals surface area contributed by atoms with Gasteiger partial charge in [-0.1, -0.05) is 6.42 Å². The summed E-state index contributed by atoms with van der Waals surface area (Å²) in [6.07, 6.45) is 9.43. The van der Waals surface area contributed by atoms with E-state index in [2.05, 4.69) is 0 Å². The molecule has 6 nitrogen and oxygen atoms in total. The fourth-order valence-corrected chi connectivity index (χ4v) is 4.16. The van der Waals surface area contributed by atoms with Crippen molar-refractivity contribution in [1.29, 1.82) is 0 Å². The number of aliphatic hydroxyl groups is 1. The van der Waals surface area contributed by atoms with Crippen molar-refractivity contribution in [2.24, 2.45) is 11.8 Å². The van der Waals surface area contributed by atoms with E-state index in [1.165, 1.54) is 0 Å². The van der Waals surface area contributed by atoms with E-state index in [1.54, 1.807) is 0 Å². The molecule has 2 aliphatic carbocycles. The Bertz CT molecular complexity index is 455. The molecule has 0 aromatic rings. The molecule has 6 heteroatoms. The summed E-state index contributed by atoms with van der Waals surface area (Å²) >= 11 is 0. The number of epoxide rings is 1. The van der Waals surface area contributed by atoms with Crippen LogP contribution in [0.25, 0.3) is 0 Å². The molecule has 5 atom stereocenters. The van der Waals surface area contributed by atoms with Crippen molar-refractivity contribution < 1.29 is 28.9 Å². The first kappa shape index (κ1) is 19.6. The SMILES string of the molecule is O=C(CCCCC(=O)OCC1CCC2O[C@H]2C1)OCC1CCCC(O)C1. The van der Waals surface area contributed by atoms with Crippen LogP contribution in [0, 0.1) is 11.8 Å². The zero-order valence-corrected chi connectivity index (χ0v) is 15.6. The quantitative estimate of drug-likeness (QED) is 0.383. The maximum Gasteiger partial charge on any atom is 0.305 e. The smallest absolute Gasteiger partial charge is 0.305 e. The maximum atomic E-state index is 11.8. The molecule has 148 valence electrons. The Balaban J connectivity index is 1.16. The highest BCUT2D eigenvalue weighted by Crippen LogP contribution is 2.39. The van der Waals surface area contributed by atoms with Gasteiger partial charge in [0.25, 0.3) is 0 Å². The number of ether oxygens (including phenoxy) is 3. The van der Waals surface area contributed by atoms with Gasteiger partial charge in [-0.25, -0.2) is 0 Å². The molecule has 1 aliphatic heterocycles. The van der Waals surface area contributed by atoms with Gasteiger partial charge in [-0.3, -0.25) is 9.59 Å². The van der Waals surface area contributed by atoms with Crippen LogP contribution in [0.3, 0.4) is 0 Å². The van der Waals surface area contributed by atoms with Crippen LogP contribution in [0.5, 0.6) is 0 Å². The van der Waals surface area contributed by atoms with E-state index in [0.717, 1.165) is 44.9 Å². The number of rotatable bonds is 9. The number of fused-ring (bicyclic) bond motifs is 1. The summed E-state index contributed by atoms with van der Waals surface area (Å²) in [5, 5.41) is 9.62. The summed E-state index contributed by atoms with van der Waals surface area (Å²) in [7, 11) is 0. The van der Waals surface area contributed by atoms with Crippen molar-refractivity contribution >= 4 is 11.9 Å². The van der Waals surface area contributed by atoms with Crippen molar-refractivity contribution in [3.63, 3.8) is 0 Å².